The van der Waals surface area contributed by atoms with E-state index in [1.165, 1.54) is 12.1 Å². The van der Waals surface area contributed by atoms with Gasteiger partial charge in [0.15, 0.2) is 0 Å². The first-order chi connectivity index (χ1) is 14.9. The molecule has 0 aromatic heterocycles. The van der Waals surface area contributed by atoms with Crippen molar-refractivity contribution >= 4 is 0 Å². The van der Waals surface area contributed by atoms with Crippen LogP contribution in [-0.2, 0) is 0 Å². The van der Waals surface area contributed by atoms with E-state index >= 15 is 0 Å². The van der Waals surface area contributed by atoms with E-state index in [-0.39, 0.29) is 30.9 Å². The Labute approximate surface area is 181 Å². The Morgan fingerprint density at radius 3 is 2.45 bits per heavy atom. The van der Waals surface area contributed by atoms with E-state index in [1.54, 1.807) is 6.07 Å². The van der Waals surface area contributed by atoms with Crippen molar-refractivity contribution in [2.24, 2.45) is 0 Å². The van der Waals surface area contributed by atoms with E-state index in [4.69, 9.17) is 0 Å². The second-order valence-corrected chi connectivity index (χ2v) is 8.18. The van der Waals surface area contributed by atoms with Crippen molar-refractivity contribution in [3.05, 3.63) is 59.9 Å². The van der Waals surface area contributed by atoms with E-state index in [2.05, 4.69) is 5.32 Å². The van der Waals surface area contributed by atoms with E-state index < -0.39 is 12.6 Å². The lowest BCUT2D eigenvalue weighted by Gasteiger charge is -2.32. The largest absolute Gasteiger partial charge is 0.395 e. The minimum atomic E-state index is -4.16. The molecule has 2 aromatic carbocycles. The normalized spacial score (nSPS) is 21.7. The standard InChI is InChI=1S/C24H30F4N2O/c25-21-5-3-4-20(16-21)18-6-8-19(9-7-18)22-10-14-30(15-11-24(26,27)28)13-2-1-12-29-23(22)17-31/h3-9,16,22-23,29,31H,1-2,10-15,17H2. The minimum absolute atomic E-state index is 0.00590. The highest BCUT2D eigenvalue weighted by atomic mass is 19.4. The van der Waals surface area contributed by atoms with E-state index in [0.717, 1.165) is 36.1 Å². The summed E-state index contributed by atoms with van der Waals surface area (Å²) in [5, 5.41) is 13.4. The van der Waals surface area contributed by atoms with Gasteiger partial charge in [-0.3, -0.25) is 0 Å². The summed E-state index contributed by atoms with van der Waals surface area (Å²) < 4.78 is 51.7. The smallest absolute Gasteiger partial charge is 0.390 e. The van der Waals surface area contributed by atoms with Crippen molar-refractivity contribution < 1.29 is 22.7 Å². The van der Waals surface area contributed by atoms with E-state index in [0.29, 0.717) is 19.5 Å². The zero-order valence-electron chi connectivity index (χ0n) is 17.5. The topological polar surface area (TPSA) is 35.5 Å². The molecule has 2 atom stereocenters. The fourth-order valence-corrected chi connectivity index (χ4v) is 4.21. The number of benzene rings is 2. The molecule has 0 saturated carbocycles. The lowest BCUT2D eigenvalue weighted by molar-refractivity contribution is -0.138. The first-order valence-corrected chi connectivity index (χ1v) is 10.8. The molecule has 0 bridgehead atoms. The molecule has 3 rings (SSSR count). The average molecular weight is 439 g/mol. The monoisotopic (exact) mass is 438 g/mol. The summed E-state index contributed by atoms with van der Waals surface area (Å²) in [7, 11) is 0. The summed E-state index contributed by atoms with van der Waals surface area (Å²) in [6.07, 6.45) is -2.63. The Kier molecular flexibility index (Phi) is 8.46. The molecule has 0 amide bonds. The summed E-state index contributed by atoms with van der Waals surface area (Å²) in [6, 6.07) is 14.0. The van der Waals surface area contributed by atoms with Crippen LogP contribution in [0.4, 0.5) is 17.6 Å². The van der Waals surface area contributed by atoms with Gasteiger partial charge in [-0.25, -0.2) is 4.39 Å². The number of nitrogens with zero attached hydrogens (tertiary/aromatic N) is 1. The van der Waals surface area contributed by atoms with Crippen molar-refractivity contribution in [2.45, 2.75) is 43.8 Å². The van der Waals surface area contributed by atoms with E-state index in [1.807, 2.05) is 35.2 Å². The lowest BCUT2D eigenvalue weighted by Crippen LogP contribution is -2.42. The summed E-state index contributed by atoms with van der Waals surface area (Å²) in [6.45, 7) is 1.87. The van der Waals surface area contributed by atoms with Crippen molar-refractivity contribution in [1.82, 2.24) is 10.2 Å². The summed E-state index contributed by atoms with van der Waals surface area (Å²) in [5.41, 5.74) is 2.69. The zero-order chi connectivity index (χ0) is 22.3. The zero-order valence-corrected chi connectivity index (χ0v) is 17.5. The second-order valence-electron chi connectivity index (χ2n) is 8.18. The molecule has 3 nitrogen and oxygen atoms in total. The molecule has 0 spiro atoms. The summed E-state index contributed by atoms with van der Waals surface area (Å²) in [4.78, 5) is 1.89. The van der Waals surface area contributed by atoms with Gasteiger partial charge >= 0.3 is 6.18 Å². The number of aliphatic hydroxyl groups excluding tert-OH is 1. The first kappa shape index (κ1) is 23.7. The third-order valence-electron chi connectivity index (χ3n) is 5.95. The van der Waals surface area contributed by atoms with Gasteiger partial charge in [-0.05, 0) is 67.7 Å². The maximum Gasteiger partial charge on any atom is 0.390 e. The maximum atomic E-state index is 13.5. The van der Waals surface area contributed by atoms with Gasteiger partial charge < -0.3 is 15.3 Å². The van der Waals surface area contributed by atoms with Gasteiger partial charge in [-0.15, -0.1) is 0 Å². The number of hydrogen-bond acceptors (Lipinski definition) is 3. The van der Waals surface area contributed by atoms with Crippen LogP contribution in [0.15, 0.2) is 48.5 Å². The lowest BCUT2D eigenvalue weighted by atomic mass is 9.87. The number of halogens is 4. The maximum absolute atomic E-state index is 13.5. The molecule has 1 aliphatic heterocycles. The number of aliphatic hydroxyl groups is 1. The van der Waals surface area contributed by atoms with Crippen LogP contribution >= 0.6 is 0 Å². The Bertz CT molecular complexity index is 810. The number of hydrogen-bond donors (Lipinski definition) is 2. The molecule has 2 unspecified atom stereocenters. The van der Waals surface area contributed by atoms with Gasteiger partial charge in [0.05, 0.1) is 13.0 Å². The predicted molar refractivity (Wildman–Crippen MR) is 114 cm³/mol. The Hall–Kier alpha value is -1.96. The first-order valence-electron chi connectivity index (χ1n) is 10.8. The van der Waals surface area contributed by atoms with Crippen molar-refractivity contribution in [1.29, 1.82) is 0 Å². The number of alkyl halides is 3. The minimum Gasteiger partial charge on any atom is -0.395 e. The third kappa shape index (κ3) is 7.30. The quantitative estimate of drug-likeness (QED) is 0.648. The van der Waals surface area contributed by atoms with Gasteiger partial charge in [0.1, 0.15) is 5.82 Å². The molecule has 170 valence electrons. The van der Waals surface area contributed by atoms with Crippen LogP contribution in [0.5, 0.6) is 0 Å². The molecule has 31 heavy (non-hydrogen) atoms. The Morgan fingerprint density at radius 1 is 1.00 bits per heavy atom. The highest BCUT2D eigenvalue weighted by Gasteiger charge is 2.29. The third-order valence-corrected chi connectivity index (χ3v) is 5.95. The second kappa shape index (κ2) is 11.1. The Balaban J connectivity index is 1.76. The van der Waals surface area contributed by atoms with Gasteiger partial charge in [-0.2, -0.15) is 13.2 Å². The summed E-state index contributed by atoms with van der Waals surface area (Å²) in [5.74, 6) is -0.324. The molecule has 2 aromatic rings. The molecule has 1 fully saturated rings. The SMILES string of the molecule is OCC1NCCCCN(CCC(F)(F)F)CCC1c1ccc(-c2cccc(F)c2)cc1. The Morgan fingerprint density at radius 2 is 1.77 bits per heavy atom. The van der Waals surface area contributed by atoms with Crippen molar-refractivity contribution in [3.8, 4) is 11.1 Å². The molecule has 7 heteroatoms. The molecule has 0 aliphatic carbocycles. The van der Waals surface area contributed by atoms with Crippen molar-refractivity contribution in [2.75, 3.05) is 32.8 Å². The molecule has 1 saturated heterocycles. The van der Waals surface area contributed by atoms with Crippen LogP contribution in [-0.4, -0.2) is 55.0 Å². The van der Waals surface area contributed by atoms with Crippen LogP contribution in [0.25, 0.3) is 11.1 Å². The number of nitrogens with one attached hydrogen (secondary N) is 1. The highest BCUT2D eigenvalue weighted by Crippen LogP contribution is 2.29. The van der Waals surface area contributed by atoms with Crippen LogP contribution in [0, 0.1) is 5.82 Å². The van der Waals surface area contributed by atoms with Crippen LogP contribution in [0.2, 0.25) is 0 Å². The van der Waals surface area contributed by atoms with Crippen LogP contribution in [0.3, 0.4) is 0 Å². The van der Waals surface area contributed by atoms with Crippen molar-refractivity contribution in [3.63, 3.8) is 0 Å². The van der Waals surface area contributed by atoms with Gasteiger partial charge in [0.2, 0.25) is 0 Å². The van der Waals surface area contributed by atoms with Crippen LogP contribution < -0.4 is 5.32 Å². The van der Waals surface area contributed by atoms with Gasteiger partial charge in [0.25, 0.3) is 0 Å². The molecule has 0 radical (unpaired) electrons. The highest BCUT2D eigenvalue weighted by molar-refractivity contribution is 5.63. The molecule has 1 aliphatic rings. The molecule has 2 N–H and O–H groups in total. The van der Waals surface area contributed by atoms with Gasteiger partial charge in [0, 0.05) is 18.5 Å². The average Bonchev–Trinajstić information content (AvgIpc) is 2.75. The predicted octanol–water partition coefficient (Wildman–Crippen LogP) is 4.97. The fraction of sp³-hybridized carbons (Fsp3) is 0.500. The molecular weight excluding hydrogens is 408 g/mol. The van der Waals surface area contributed by atoms with Gasteiger partial charge in [-0.1, -0.05) is 36.4 Å². The number of rotatable bonds is 5. The summed E-state index contributed by atoms with van der Waals surface area (Å²) >= 11 is 0. The molecular formula is C24H30F4N2O. The van der Waals surface area contributed by atoms with Crippen LogP contribution in [0.1, 0.15) is 37.2 Å². The van der Waals surface area contributed by atoms with E-state index in [9.17, 15) is 22.7 Å². The molecule has 1 heterocycles. The fourth-order valence-electron chi connectivity index (χ4n) is 4.21.